The van der Waals surface area contributed by atoms with E-state index >= 15 is 0 Å². The Balaban J connectivity index is 2.16. The summed E-state index contributed by atoms with van der Waals surface area (Å²) in [5.41, 5.74) is 0.291. The highest BCUT2D eigenvalue weighted by Crippen LogP contribution is 2.39. The predicted octanol–water partition coefficient (Wildman–Crippen LogP) is 3.00. The Morgan fingerprint density at radius 3 is 2.33 bits per heavy atom. The van der Waals surface area contributed by atoms with Crippen molar-refractivity contribution in [2.75, 3.05) is 13.1 Å². The van der Waals surface area contributed by atoms with Crippen LogP contribution in [-0.2, 0) is 4.79 Å². The van der Waals surface area contributed by atoms with E-state index in [0.717, 1.165) is 13.0 Å². The van der Waals surface area contributed by atoms with Gasteiger partial charge in [0.05, 0.1) is 0 Å². The number of amides is 2. The first-order valence-corrected chi connectivity index (χ1v) is 8.06. The van der Waals surface area contributed by atoms with E-state index in [4.69, 9.17) is 5.11 Å². The zero-order valence-electron chi connectivity index (χ0n) is 13.6. The maximum absolute atomic E-state index is 11.7. The van der Waals surface area contributed by atoms with E-state index in [2.05, 4.69) is 31.4 Å². The van der Waals surface area contributed by atoms with E-state index in [1.54, 1.807) is 0 Å². The van der Waals surface area contributed by atoms with Crippen LogP contribution < -0.4 is 10.6 Å². The first-order valence-electron chi connectivity index (χ1n) is 8.06. The zero-order chi connectivity index (χ0) is 15.9. The molecule has 1 atom stereocenters. The summed E-state index contributed by atoms with van der Waals surface area (Å²) in [6.45, 7) is 7.75. The van der Waals surface area contributed by atoms with Crippen LogP contribution in [0.3, 0.4) is 0 Å². The van der Waals surface area contributed by atoms with Crippen molar-refractivity contribution in [2.24, 2.45) is 17.3 Å². The van der Waals surface area contributed by atoms with Gasteiger partial charge in [0.25, 0.3) is 0 Å². The summed E-state index contributed by atoms with van der Waals surface area (Å²) >= 11 is 0. The molecule has 1 fully saturated rings. The molecule has 1 rings (SSSR count). The minimum Gasteiger partial charge on any atom is -0.481 e. The van der Waals surface area contributed by atoms with Gasteiger partial charge in [0.1, 0.15) is 0 Å². The summed E-state index contributed by atoms with van der Waals surface area (Å²) < 4.78 is 0. The van der Waals surface area contributed by atoms with Gasteiger partial charge in [-0.15, -0.1) is 0 Å². The van der Waals surface area contributed by atoms with Crippen LogP contribution >= 0.6 is 0 Å². The topological polar surface area (TPSA) is 78.4 Å². The van der Waals surface area contributed by atoms with E-state index in [0.29, 0.717) is 30.2 Å². The molecule has 21 heavy (non-hydrogen) atoms. The van der Waals surface area contributed by atoms with Crippen LogP contribution in [0, 0.1) is 17.3 Å². The van der Waals surface area contributed by atoms with Crippen molar-refractivity contribution < 1.29 is 14.7 Å². The molecular weight excluding hydrogens is 268 g/mol. The third kappa shape index (κ3) is 6.82. The Labute approximate surface area is 127 Å². The number of carbonyl (C=O) groups is 2. The zero-order valence-corrected chi connectivity index (χ0v) is 13.6. The number of rotatable bonds is 9. The van der Waals surface area contributed by atoms with Crippen LogP contribution in [-0.4, -0.2) is 30.2 Å². The van der Waals surface area contributed by atoms with Crippen LogP contribution in [0.2, 0.25) is 0 Å². The summed E-state index contributed by atoms with van der Waals surface area (Å²) in [7, 11) is 0. The molecule has 0 aromatic carbocycles. The molecule has 0 aromatic heterocycles. The third-order valence-corrected chi connectivity index (χ3v) is 4.71. The van der Waals surface area contributed by atoms with Crippen LogP contribution in [0.25, 0.3) is 0 Å². The van der Waals surface area contributed by atoms with Crippen LogP contribution in [0.1, 0.15) is 59.3 Å². The molecule has 0 aromatic rings. The van der Waals surface area contributed by atoms with Crippen LogP contribution in [0.5, 0.6) is 0 Å². The van der Waals surface area contributed by atoms with Gasteiger partial charge in [-0.25, -0.2) is 4.79 Å². The summed E-state index contributed by atoms with van der Waals surface area (Å²) in [6, 6.07) is -0.108. The number of hydrogen-bond acceptors (Lipinski definition) is 2. The van der Waals surface area contributed by atoms with E-state index in [-0.39, 0.29) is 12.5 Å². The standard InChI is InChI=1S/C16H30N2O3/c1-12(2)13(5-6-14(19)20)7-10-17-15(21)18-11-16(3)8-4-9-16/h12-13H,4-11H2,1-3H3,(H,19,20)(H2,17,18,21). The Bertz CT molecular complexity index is 351. The van der Waals surface area contributed by atoms with E-state index in [1.165, 1.54) is 19.3 Å². The second-order valence-electron chi connectivity index (χ2n) is 7.00. The fraction of sp³-hybridized carbons (Fsp3) is 0.875. The number of carboxylic acid groups (broad SMARTS) is 1. The highest BCUT2D eigenvalue weighted by molar-refractivity contribution is 5.73. The largest absolute Gasteiger partial charge is 0.481 e. The average molecular weight is 298 g/mol. The molecular formula is C16H30N2O3. The molecule has 0 aliphatic heterocycles. The predicted molar refractivity (Wildman–Crippen MR) is 83.2 cm³/mol. The Morgan fingerprint density at radius 1 is 1.19 bits per heavy atom. The number of urea groups is 1. The van der Waals surface area contributed by atoms with Crippen molar-refractivity contribution in [3.63, 3.8) is 0 Å². The minimum absolute atomic E-state index is 0.108. The molecule has 122 valence electrons. The van der Waals surface area contributed by atoms with Gasteiger partial charge in [-0.3, -0.25) is 4.79 Å². The number of hydrogen-bond donors (Lipinski definition) is 3. The third-order valence-electron chi connectivity index (χ3n) is 4.71. The summed E-state index contributed by atoms with van der Waals surface area (Å²) in [5.74, 6) is 0.0220. The van der Waals surface area contributed by atoms with Crippen LogP contribution in [0.15, 0.2) is 0 Å². The lowest BCUT2D eigenvalue weighted by Gasteiger charge is -2.38. The quantitative estimate of drug-likeness (QED) is 0.612. The second-order valence-corrected chi connectivity index (χ2v) is 7.00. The molecule has 1 unspecified atom stereocenters. The van der Waals surface area contributed by atoms with Gasteiger partial charge in [0.2, 0.25) is 0 Å². The SMILES string of the molecule is CC(C)C(CCNC(=O)NCC1(C)CCC1)CCC(=O)O. The van der Waals surface area contributed by atoms with E-state index in [9.17, 15) is 9.59 Å². The number of nitrogens with one attached hydrogen (secondary N) is 2. The molecule has 0 radical (unpaired) electrons. The molecule has 5 heteroatoms. The normalized spacial score (nSPS) is 17.9. The fourth-order valence-corrected chi connectivity index (χ4v) is 2.80. The van der Waals surface area contributed by atoms with Gasteiger partial charge in [-0.1, -0.05) is 27.2 Å². The number of aliphatic carboxylic acids is 1. The van der Waals surface area contributed by atoms with Crippen molar-refractivity contribution in [1.29, 1.82) is 0 Å². The van der Waals surface area contributed by atoms with E-state index in [1.807, 2.05) is 0 Å². The molecule has 2 amide bonds. The second kappa shape index (κ2) is 8.25. The molecule has 1 aliphatic rings. The lowest BCUT2D eigenvalue weighted by atomic mass is 9.70. The first kappa shape index (κ1) is 17.8. The summed E-state index contributed by atoms with van der Waals surface area (Å²) in [5, 5.41) is 14.6. The van der Waals surface area contributed by atoms with Gasteiger partial charge >= 0.3 is 12.0 Å². The van der Waals surface area contributed by atoms with Crippen molar-refractivity contribution in [2.45, 2.75) is 59.3 Å². The summed E-state index contributed by atoms with van der Waals surface area (Å²) in [4.78, 5) is 22.4. The molecule has 5 nitrogen and oxygen atoms in total. The molecule has 0 saturated heterocycles. The molecule has 0 heterocycles. The van der Waals surface area contributed by atoms with Gasteiger partial charge in [0, 0.05) is 19.5 Å². The van der Waals surface area contributed by atoms with Crippen molar-refractivity contribution in [1.82, 2.24) is 10.6 Å². The van der Waals surface area contributed by atoms with E-state index < -0.39 is 5.97 Å². The van der Waals surface area contributed by atoms with Crippen molar-refractivity contribution in [3.8, 4) is 0 Å². The molecule has 0 spiro atoms. The number of carbonyl (C=O) groups excluding carboxylic acids is 1. The lowest BCUT2D eigenvalue weighted by Crippen LogP contribution is -2.44. The maximum atomic E-state index is 11.7. The Kier molecular flexibility index (Phi) is 6.99. The van der Waals surface area contributed by atoms with Gasteiger partial charge in [-0.05, 0) is 42.9 Å². The van der Waals surface area contributed by atoms with Gasteiger partial charge in [0.15, 0.2) is 0 Å². The minimum atomic E-state index is -0.750. The van der Waals surface area contributed by atoms with Crippen molar-refractivity contribution >= 4 is 12.0 Å². The number of carboxylic acids is 1. The van der Waals surface area contributed by atoms with Crippen LogP contribution in [0.4, 0.5) is 4.79 Å². The highest BCUT2D eigenvalue weighted by atomic mass is 16.4. The average Bonchev–Trinajstić information content (AvgIpc) is 2.37. The fourth-order valence-electron chi connectivity index (χ4n) is 2.80. The molecule has 1 saturated carbocycles. The molecule has 1 aliphatic carbocycles. The molecule has 0 bridgehead atoms. The van der Waals surface area contributed by atoms with Crippen molar-refractivity contribution in [3.05, 3.63) is 0 Å². The summed E-state index contributed by atoms with van der Waals surface area (Å²) in [6.07, 6.45) is 5.35. The molecule has 3 N–H and O–H groups in total. The maximum Gasteiger partial charge on any atom is 0.314 e. The smallest absolute Gasteiger partial charge is 0.314 e. The first-order chi connectivity index (χ1) is 9.82. The lowest BCUT2D eigenvalue weighted by molar-refractivity contribution is -0.137. The monoisotopic (exact) mass is 298 g/mol. The Hall–Kier alpha value is -1.26. The van der Waals surface area contributed by atoms with Gasteiger partial charge < -0.3 is 15.7 Å². The Morgan fingerprint density at radius 2 is 1.86 bits per heavy atom. The highest BCUT2D eigenvalue weighted by Gasteiger charge is 2.31. The van der Waals surface area contributed by atoms with Gasteiger partial charge in [-0.2, -0.15) is 0 Å².